The summed E-state index contributed by atoms with van der Waals surface area (Å²) in [4.78, 5) is 25.4. The number of aromatic nitrogens is 2. The van der Waals surface area contributed by atoms with Crippen molar-refractivity contribution in [2.75, 3.05) is 7.11 Å². The number of hydrogen-bond acceptors (Lipinski definition) is 5. The van der Waals surface area contributed by atoms with Gasteiger partial charge in [-0.15, -0.1) is 0 Å². The minimum Gasteiger partial charge on any atom is -0.502 e. The first-order chi connectivity index (χ1) is 14.0. The second-order valence-corrected chi connectivity index (χ2v) is 6.47. The monoisotopic (exact) mass is 390 g/mol. The fraction of sp³-hybridized carbons (Fsp3) is 0.0909. The lowest BCUT2D eigenvalue weighted by molar-refractivity contribution is 0.415. The number of nitrogens with one attached hydrogen (secondary N) is 1. The molecule has 0 aliphatic carbocycles. The largest absolute Gasteiger partial charge is 0.502 e. The molecule has 2 heterocycles. The Hall–Kier alpha value is -4.00. The van der Waals surface area contributed by atoms with Gasteiger partial charge in [-0.2, -0.15) is 0 Å². The highest BCUT2D eigenvalue weighted by molar-refractivity contribution is 5.80. The van der Waals surface area contributed by atoms with Crippen LogP contribution in [-0.2, 0) is 0 Å². The van der Waals surface area contributed by atoms with E-state index in [2.05, 4.69) is 5.10 Å². The maximum absolute atomic E-state index is 13.3. The number of hydrogen-bond donors (Lipinski definition) is 2. The minimum absolute atomic E-state index is 0.0670. The number of rotatable bonds is 4. The summed E-state index contributed by atoms with van der Waals surface area (Å²) < 4.78 is 12.1. The number of H-pyrrole nitrogens is 1. The van der Waals surface area contributed by atoms with Gasteiger partial charge in [0.25, 0.3) is 5.56 Å². The van der Waals surface area contributed by atoms with Gasteiger partial charge >= 0.3 is 0 Å². The van der Waals surface area contributed by atoms with Crippen LogP contribution in [0, 0.1) is 6.92 Å². The quantitative estimate of drug-likeness (QED) is 0.556. The van der Waals surface area contributed by atoms with E-state index in [1.165, 1.54) is 10.7 Å². The van der Waals surface area contributed by atoms with Crippen LogP contribution >= 0.6 is 0 Å². The fourth-order valence-corrected chi connectivity index (χ4v) is 3.15. The van der Waals surface area contributed by atoms with Crippen molar-refractivity contribution in [1.29, 1.82) is 0 Å². The van der Waals surface area contributed by atoms with Crippen LogP contribution in [0.1, 0.15) is 5.76 Å². The molecule has 0 aliphatic heterocycles. The molecule has 0 atom stereocenters. The van der Waals surface area contributed by atoms with E-state index >= 15 is 0 Å². The van der Waals surface area contributed by atoms with Crippen molar-refractivity contribution in [2.24, 2.45) is 0 Å². The second kappa shape index (κ2) is 7.20. The molecule has 2 aromatic carbocycles. The van der Waals surface area contributed by atoms with E-state index in [0.29, 0.717) is 22.7 Å². The topological polar surface area (TPSA) is 97.5 Å². The summed E-state index contributed by atoms with van der Waals surface area (Å²) in [5.41, 5.74) is 0.675. The summed E-state index contributed by atoms with van der Waals surface area (Å²) in [5.74, 6) is 0.166. The zero-order chi connectivity index (χ0) is 20.5. The number of para-hydroxylation sites is 1. The van der Waals surface area contributed by atoms with E-state index in [0.717, 1.165) is 0 Å². The highest BCUT2D eigenvalue weighted by Crippen LogP contribution is 2.33. The summed E-state index contributed by atoms with van der Waals surface area (Å²) in [6.45, 7) is 1.58. The molecule has 2 aromatic heterocycles. The van der Waals surface area contributed by atoms with Crippen molar-refractivity contribution < 1.29 is 14.3 Å². The summed E-state index contributed by atoms with van der Waals surface area (Å²) in [7, 11) is 1.56. The highest BCUT2D eigenvalue weighted by atomic mass is 16.5. The number of nitrogens with zero attached hydrogens (tertiary/aromatic N) is 1. The third-order valence-corrected chi connectivity index (χ3v) is 4.56. The molecule has 2 N–H and O–H groups in total. The Kier molecular flexibility index (Phi) is 4.56. The van der Waals surface area contributed by atoms with Gasteiger partial charge < -0.3 is 14.3 Å². The van der Waals surface area contributed by atoms with E-state index in [1.807, 2.05) is 6.07 Å². The van der Waals surface area contributed by atoms with Gasteiger partial charge in [0.1, 0.15) is 17.1 Å². The molecular weight excluding hydrogens is 372 g/mol. The first-order valence-corrected chi connectivity index (χ1v) is 8.88. The normalized spacial score (nSPS) is 10.8. The number of aryl methyl sites for hydroxylation is 1. The summed E-state index contributed by atoms with van der Waals surface area (Å²) in [5, 5.41) is 13.4. The van der Waals surface area contributed by atoms with Gasteiger partial charge in [-0.3, -0.25) is 14.7 Å². The zero-order valence-electron chi connectivity index (χ0n) is 15.8. The van der Waals surface area contributed by atoms with Crippen molar-refractivity contribution in [3.05, 3.63) is 87.0 Å². The third-order valence-electron chi connectivity index (χ3n) is 4.56. The van der Waals surface area contributed by atoms with Gasteiger partial charge in [-0.05, 0) is 43.3 Å². The zero-order valence-corrected chi connectivity index (χ0v) is 15.8. The van der Waals surface area contributed by atoms with Crippen LogP contribution in [0.25, 0.3) is 28.3 Å². The number of aromatic amines is 1. The fourth-order valence-electron chi connectivity index (χ4n) is 3.15. The Bertz CT molecular complexity index is 1280. The molecule has 0 saturated heterocycles. The van der Waals surface area contributed by atoms with E-state index < -0.39 is 16.7 Å². The first-order valence-electron chi connectivity index (χ1n) is 8.88. The Morgan fingerprint density at radius 2 is 1.72 bits per heavy atom. The van der Waals surface area contributed by atoms with Crippen LogP contribution in [-0.4, -0.2) is 22.0 Å². The second-order valence-electron chi connectivity index (χ2n) is 6.47. The van der Waals surface area contributed by atoms with Gasteiger partial charge in [0, 0.05) is 11.6 Å². The van der Waals surface area contributed by atoms with Gasteiger partial charge in [0.2, 0.25) is 11.2 Å². The molecule has 0 radical (unpaired) electrons. The number of methoxy groups -OCH3 is 1. The number of benzene rings is 2. The van der Waals surface area contributed by atoms with E-state index in [1.54, 1.807) is 62.6 Å². The summed E-state index contributed by atoms with van der Waals surface area (Å²) >= 11 is 0. The van der Waals surface area contributed by atoms with Crippen LogP contribution in [0.4, 0.5) is 0 Å². The van der Waals surface area contributed by atoms with E-state index in [9.17, 15) is 14.7 Å². The SMILES string of the molecule is COc1ccc(-c2[nH]n(-c3ccccc3)c(=O)c2-c2oc(C)cc(=O)c2O)cc1. The number of aromatic hydroxyl groups is 1. The van der Waals surface area contributed by atoms with Crippen LogP contribution in [0.2, 0.25) is 0 Å². The molecule has 7 heteroatoms. The average Bonchev–Trinajstić information content (AvgIpc) is 3.08. The summed E-state index contributed by atoms with van der Waals surface area (Å²) in [6.07, 6.45) is 0. The number of ether oxygens (including phenoxy) is 1. The Balaban J connectivity index is 2.04. The van der Waals surface area contributed by atoms with Crippen LogP contribution in [0.15, 0.2) is 74.7 Å². The predicted molar refractivity (Wildman–Crippen MR) is 109 cm³/mol. The molecule has 7 nitrogen and oxygen atoms in total. The standard InChI is InChI=1S/C22H18N2O5/c1-13-12-17(25)20(26)21(29-13)18-19(14-8-10-16(28-2)11-9-14)23-24(22(18)27)15-6-4-3-5-7-15/h3-12,23,26H,1-2H3. The molecule has 0 spiro atoms. The molecular formula is C22H18N2O5. The van der Waals surface area contributed by atoms with Crippen molar-refractivity contribution in [1.82, 2.24) is 9.78 Å². The van der Waals surface area contributed by atoms with Gasteiger partial charge in [-0.25, -0.2) is 4.68 Å². The molecule has 4 rings (SSSR count). The van der Waals surface area contributed by atoms with Crippen molar-refractivity contribution in [3.63, 3.8) is 0 Å². The molecule has 0 aliphatic rings. The van der Waals surface area contributed by atoms with Crippen LogP contribution in [0.3, 0.4) is 0 Å². The Labute approximate surface area is 165 Å². The summed E-state index contributed by atoms with van der Waals surface area (Å²) in [6, 6.07) is 17.2. The molecule has 0 amide bonds. The van der Waals surface area contributed by atoms with Gasteiger partial charge in [0.05, 0.1) is 18.5 Å². The van der Waals surface area contributed by atoms with Crippen molar-refractivity contribution >= 4 is 0 Å². The molecule has 0 unspecified atom stereocenters. The average molecular weight is 390 g/mol. The van der Waals surface area contributed by atoms with Gasteiger partial charge in [-0.1, -0.05) is 18.2 Å². The highest BCUT2D eigenvalue weighted by Gasteiger charge is 2.24. The molecule has 4 aromatic rings. The maximum Gasteiger partial charge on any atom is 0.283 e. The smallest absolute Gasteiger partial charge is 0.283 e. The van der Waals surface area contributed by atoms with E-state index in [4.69, 9.17) is 9.15 Å². The predicted octanol–water partition coefficient (Wildman–Crippen LogP) is 3.48. The first kappa shape index (κ1) is 18.4. The lowest BCUT2D eigenvalue weighted by Gasteiger charge is -2.06. The molecule has 0 saturated carbocycles. The van der Waals surface area contributed by atoms with Crippen LogP contribution < -0.4 is 15.7 Å². The molecule has 0 bridgehead atoms. The lowest BCUT2D eigenvalue weighted by atomic mass is 10.1. The molecule has 0 fully saturated rings. The molecule has 29 heavy (non-hydrogen) atoms. The third kappa shape index (κ3) is 3.23. The Morgan fingerprint density at radius 1 is 1.03 bits per heavy atom. The lowest BCUT2D eigenvalue weighted by Crippen LogP contribution is -2.16. The maximum atomic E-state index is 13.3. The minimum atomic E-state index is -0.615. The van der Waals surface area contributed by atoms with E-state index in [-0.39, 0.29) is 17.1 Å². The van der Waals surface area contributed by atoms with Crippen LogP contribution in [0.5, 0.6) is 11.5 Å². The molecule has 146 valence electrons. The van der Waals surface area contributed by atoms with Crippen molar-refractivity contribution in [3.8, 4) is 39.8 Å². The van der Waals surface area contributed by atoms with Gasteiger partial charge in [0.15, 0.2) is 5.76 Å². The van der Waals surface area contributed by atoms with Crippen molar-refractivity contribution in [2.45, 2.75) is 6.92 Å². The Morgan fingerprint density at radius 3 is 2.38 bits per heavy atom.